The summed E-state index contributed by atoms with van der Waals surface area (Å²) in [6.07, 6.45) is 4.30. The SMILES string of the molecule is C=CCOc1cc(OCC=C)c(C(=S)c2cccc(C)c2)cc1CC. The monoisotopic (exact) mass is 352 g/mol. The molecule has 0 spiro atoms. The van der Waals surface area contributed by atoms with Gasteiger partial charge in [-0.2, -0.15) is 0 Å². The highest BCUT2D eigenvalue weighted by Crippen LogP contribution is 2.32. The Balaban J connectivity index is 2.51. The van der Waals surface area contributed by atoms with Crippen LogP contribution in [0.15, 0.2) is 61.7 Å². The van der Waals surface area contributed by atoms with Crippen molar-refractivity contribution in [2.45, 2.75) is 20.3 Å². The fourth-order valence-electron chi connectivity index (χ4n) is 2.55. The van der Waals surface area contributed by atoms with Gasteiger partial charge in [-0.25, -0.2) is 0 Å². The minimum Gasteiger partial charge on any atom is -0.489 e. The van der Waals surface area contributed by atoms with Crippen LogP contribution in [0.4, 0.5) is 0 Å². The molecule has 0 aliphatic rings. The average molecular weight is 352 g/mol. The maximum absolute atomic E-state index is 5.87. The van der Waals surface area contributed by atoms with Crippen LogP contribution >= 0.6 is 12.2 Å². The van der Waals surface area contributed by atoms with E-state index in [1.165, 1.54) is 5.56 Å². The maximum atomic E-state index is 5.87. The molecule has 2 aromatic carbocycles. The Morgan fingerprint density at radius 1 is 1.04 bits per heavy atom. The number of ether oxygens (including phenoxy) is 2. The molecule has 0 radical (unpaired) electrons. The van der Waals surface area contributed by atoms with Gasteiger partial charge in [0.05, 0.1) is 4.86 Å². The quantitative estimate of drug-likeness (QED) is 0.339. The lowest BCUT2D eigenvalue weighted by Gasteiger charge is -2.17. The molecule has 0 saturated heterocycles. The first-order valence-electron chi connectivity index (χ1n) is 8.36. The zero-order valence-electron chi connectivity index (χ0n) is 14.9. The van der Waals surface area contributed by atoms with E-state index < -0.39 is 0 Å². The van der Waals surface area contributed by atoms with Crippen LogP contribution in [0.1, 0.15) is 29.2 Å². The highest BCUT2D eigenvalue weighted by atomic mass is 32.1. The summed E-state index contributed by atoms with van der Waals surface area (Å²) in [6, 6.07) is 12.2. The Labute approximate surface area is 155 Å². The van der Waals surface area contributed by atoms with E-state index in [2.05, 4.69) is 45.2 Å². The third kappa shape index (κ3) is 4.80. The van der Waals surface area contributed by atoms with Crippen molar-refractivity contribution in [3.8, 4) is 11.5 Å². The first-order valence-corrected chi connectivity index (χ1v) is 8.77. The van der Waals surface area contributed by atoms with Crippen LogP contribution in [0.2, 0.25) is 0 Å². The second kappa shape index (κ2) is 9.19. The number of hydrogen-bond acceptors (Lipinski definition) is 3. The van der Waals surface area contributed by atoms with Crippen LogP contribution in [-0.4, -0.2) is 18.1 Å². The highest BCUT2D eigenvalue weighted by molar-refractivity contribution is 7.81. The number of benzene rings is 2. The van der Waals surface area contributed by atoms with Gasteiger partial charge in [-0.05, 0) is 30.5 Å². The van der Waals surface area contributed by atoms with Crippen molar-refractivity contribution in [1.29, 1.82) is 0 Å². The van der Waals surface area contributed by atoms with Gasteiger partial charge in [-0.1, -0.05) is 74.3 Å². The summed E-state index contributed by atoms with van der Waals surface area (Å²) >= 11 is 5.76. The molecule has 0 heterocycles. The van der Waals surface area contributed by atoms with Gasteiger partial charge < -0.3 is 9.47 Å². The molecule has 25 heavy (non-hydrogen) atoms. The molecule has 2 aromatic rings. The number of aryl methyl sites for hydroxylation is 2. The van der Waals surface area contributed by atoms with Gasteiger partial charge in [0, 0.05) is 11.6 Å². The summed E-state index contributed by atoms with van der Waals surface area (Å²) in [5.41, 5.74) is 4.19. The minimum absolute atomic E-state index is 0.413. The van der Waals surface area contributed by atoms with Crippen molar-refractivity contribution in [3.63, 3.8) is 0 Å². The molecule has 0 aromatic heterocycles. The Morgan fingerprint density at radius 2 is 1.72 bits per heavy atom. The lowest BCUT2D eigenvalue weighted by Crippen LogP contribution is -2.08. The van der Waals surface area contributed by atoms with Crippen LogP contribution in [0.3, 0.4) is 0 Å². The molecule has 2 nitrogen and oxygen atoms in total. The van der Waals surface area contributed by atoms with Crippen molar-refractivity contribution in [3.05, 3.63) is 84.0 Å². The summed E-state index contributed by atoms with van der Waals surface area (Å²) in [5.74, 6) is 1.51. The van der Waals surface area contributed by atoms with Crippen LogP contribution in [0.5, 0.6) is 11.5 Å². The second-order valence-electron chi connectivity index (χ2n) is 5.71. The molecule has 130 valence electrons. The molecule has 0 N–H and O–H groups in total. The molecule has 0 aliphatic heterocycles. The number of hydrogen-bond donors (Lipinski definition) is 0. The average Bonchev–Trinajstić information content (AvgIpc) is 2.63. The maximum Gasteiger partial charge on any atom is 0.132 e. The largest absolute Gasteiger partial charge is 0.489 e. The van der Waals surface area contributed by atoms with E-state index in [0.717, 1.165) is 33.7 Å². The van der Waals surface area contributed by atoms with Gasteiger partial charge in [0.2, 0.25) is 0 Å². The first-order chi connectivity index (χ1) is 12.1. The van der Waals surface area contributed by atoms with Crippen LogP contribution in [0, 0.1) is 6.92 Å². The fourth-order valence-corrected chi connectivity index (χ4v) is 2.84. The summed E-state index contributed by atoms with van der Waals surface area (Å²) < 4.78 is 11.7. The molecule has 3 heteroatoms. The van der Waals surface area contributed by atoms with Gasteiger partial charge >= 0.3 is 0 Å². The van der Waals surface area contributed by atoms with E-state index in [0.29, 0.717) is 19.0 Å². The summed E-state index contributed by atoms with van der Waals surface area (Å²) in [7, 11) is 0. The molecule has 0 atom stereocenters. The molecule has 0 saturated carbocycles. The predicted octanol–water partition coefficient (Wildman–Crippen LogP) is 5.45. The Morgan fingerprint density at radius 3 is 2.32 bits per heavy atom. The Hall–Kier alpha value is -2.39. The van der Waals surface area contributed by atoms with Crippen molar-refractivity contribution in [2.75, 3.05) is 13.2 Å². The molecule has 2 rings (SSSR count). The molecule has 0 aliphatic carbocycles. The van der Waals surface area contributed by atoms with Crippen LogP contribution < -0.4 is 9.47 Å². The van der Waals surface area contributed by atoms with Crippen molar-refractivity contribution in [2.24, 2.45) is 0 Å². The lowest BCUT2D eigenvalue weighted by molar-refractivity contribution is 0.342. The van der Waals surface area contributed by atoms with E-state index in [1.807, 2.05) is 18.2 Å². The zero-order valence-corrected chi connectivity index (χ0v) is 15.7. The molecular weight excluding hydrogens is 328 g/mol. The standard InChI is InChI=1S/C22H24O2S/c1-5-11-23-20-15-21(24-12-6-2)19(14-17(20)7-3)22(25)18-10-8-9-16(4)13-18/h5-6,8-10,13-15H,1-2,7,11-12H2,3-4H3. The van der Waals surface area contributed by atoms with Gasteiger partial charge in [0.25, 0.3) is 0 Å². The molecule has 0 unspecified atom stereocenters. The summed E-state index contributed by atoms with van der Waals surface area (Å²) in [4.78, 5) is 0.771. The van der Waals surface area contributed by atoms with Gasteiger partial charge in [0.1, 0.15) is 24.7 Å². The van der Waals surface area contributed by atoms with E-state index in [1.54, 1.807) is 12.2 Å². The number of thiocarbonyl (C=S) groups is 1. The third-order valence-electron chi connectivity index (χ3n) is 3.78. The van der Waals surface area contributed by atoms with Crippen molar-refractivity contribution >= 4 is 17.1 Å². The van der Waals surface area contributed by atoms with Crippen LogP contribution in [0.25, 0.3) is 0 Å². The van der Waals surface area contributed by atoms with Crippen molar-refractivity contribution < 1.29 is 9.47 Å². The van der Waals surface area contributed by atoms with Crippen LogP contribution in [-0.2, 0) is 6.42 Å². The number of rotatable bonds is 9. The van der Waals surface area contributed by atoms with Gasteiger partial charge in [-0.3, -0.25) is 0 Å². The summed E-state index contributed by atoms with van der Waals surface area (Å²) in [5, 5.41) is 0. The fraction of sp³-hybridized carbons (Fsp3) is 0.227. The van der Waals surface area contributed by atoms with Crippen molar-refractivity contribution in [1.82, 2.24) is 0 Å². The van der Waals surface area contributed by atoms with E-state index in [-0.39, 0.29) is 0 Å². The lowest BCUT2D eigenvalue weighted by atomic mass is 9.98. The van der Waals surface area contributed by atoms with E-state index in [9.17, 15) is 0 Å². The summed E-state index contributed by atoms with van der Waals surface area (Å²) in [6.45, 7) is 12.5. The van der Waals surface area contributed by atoms with Gasteiger partial charge in [0.15, 0.2) is 0 Å². The minimum atomic E-state index is 0.413. The molecular formula is C22H24O2S. The van der Waals surface area contributed by atoms with E-state index >= 15 is 0 Å². The highest BCUT2D eigenvalue weighted by Gasteiger charge is 2.16. The molecule has 0 amide bonds. The second-order valence-corrected chi connectivity index (χ2v) is 6.12. The Bertz CT molecular complexity index is 778. The normalized spacial score (nSPS) is 10.2. The van der Waals surface area contributed by atoms with E-state index in [4.69, 9.17) is 21.7 Å². The Kier molecular flexibility index (Phi) is 6.96. The molecule has 0 bridgehead atoms. The third-order valence-corrected chi connectivity index (χ3v) is 4.24. The topological polar surface area (TPSA) is 18.5 Å². The zero-order chi connectivity index (χ0) is 18.2. The molecule has 0 fully saturated rings. The smallest absolute Gasteiger partial charge is 0.132 e. The van der Waals surface area contributed by atoms with Gasteiger partial charge in [-0.15, -0.1) is 0 Å². The predicted molar refractivity (Wildman–Crippen MR) is 109 cm³/mol. The first kappa shape index (κ1) is 18.9.